The van der Waals surface area contributed by atoms with Gasteiger partial charge in [-0.15, -0.1) is 0 Å². The second-order valence-electron chi connectivity index (χ2n) is 21.4. The normalized spacial score (nSPS) is 14.4. The molecule has 1 N–H and O–H groups in total. The zero-order valence-electron chi connectivity index (χ0n) is 37.5. The second-order valence-corrected chi connectivity index (χ2v) is 21.4. The lowest BCUT2D eigenvalue weighted by molar-refractivity contribution is 0.590. The lowest BCUT2D eigenvalue weighted by atomic mass is 9.57. The average molecular weight is 794 g/mol. The number of rotatable bonds is 3. The summed E-state index contributed by atoms with van der Waals surface area (Å²) in [5.74, 6) is 0. The van der Waals surface area contributed by atoms with Gasteiger partial charge >= 0.3 is 0 Å². The molecule has 2 aliphatic rings. The van der Waals surface area contributed by atoms with Crippen molar-refractivity contribution in [2.45, 2.75) is 97.8 Å². The Morgan fingerprint density at radius 2 is 1.23 bits per heavy atom. The number of nitrogens with one attached hydrogen (secondary N) is 1. The van der Waals surface area contributed by atoms with E-state index in [2.05, 4.69) is 215 Å². The molecule has 0 atom stereocenters. The van der Waals surface area contributed by atoms with Gasteiger partial charge in [0.2, 0.25) is 0 Å². The molecule has 61 heavy (non-hydrogen) atoms. The van der Waals surface area contributed by atoms with Crippen molar-refractivity contribution in [1.82, 2.24) is 4.57 Å². The zero-order valence-corrected chi connectivity index (χ0v) is 37.5. The van der Waals surface area contributed by atoms with Crippen molar-refractivity contribution in [3.05, 3.63) is 149 Å². The van der Waals surface area contributed by atoms with E-state index in [0.717, 1.165) is 38.8 Å². The maximum atomic E-state index is 6.59. The lowest BCUT2D eigenvalue weighted by Crippen LogP contribution is -2.38. The van der Waals surface area contributed by atoms with Crippen LogP contribution in [0.3, 0.4) is 0 Å². The molecule has 0 spiro atoms. The number of furan rings is 1. The molecule has 1 aliphatic heterocycles. The minimum absolute atomic E-state index is 0.0157. The minimum atomic E-state index is -0.265. The van der Waals surface area contributed by atoms with Crippen molar-refractivity contribution < 1.29 is 4.42 Å². The van der Waals surface area contributed by atoms with Crippen molar-refractivity contribution in [3.8, 4) is 27.9 Å². The Morgan fingerprint density at radius 1 is 0.574 bits per heavy atom. The molecule has 9 aromatic rings. The Kier molecular flexibility index (Phi) is 7.80. The van der Waals surface area contributed by atoms with Crippen LogP contribution in [0.4, 0.5) is 11.4 Å². The van der Waals surface area contributed by atoms with E-state index in [1.165, 1.54) is 83.0 Å². The predicted octanol–water partition coefficient (Wildman–Crippen LogP) is 14.3. The largest absolute Gasteiger partial charge is 0.456 e. The third-order valence-electron chi connectivity index (χ3n) is 13.9. The van der Waals surface area contributed by atoms with Crippen LogP contribution in [0.2, 0.25) is 0 Å². The molecule has 2 aromatic heterocycles. The molecule has 301 valence electrons. The van der Waals surface area contributed by atoms with Gasteiger partial charge in [-0.2, -0.15) is 0 Å². The molecule has 7 aromatic carbocycles. The first-order chi connectivity index (χ1) is 28.9. The van der Waals surface area contributed by atoms with Crippen molar-refractivity contribution in [3.63, 3.8) is 0 Å². The predicted molar refractivity (Wildman–Crippen MR) is 262 cm³/mol. The summed E-state index contributed by atoms with van der Waals surface area (Å²) in [5, 5.41) is 8.92. The van der Waals surface area contributed by atoms with E-state index in [9.17, 15) is 0 Å². The average Bonchev–Trinajstić information content (AvgIpc) is 3.82. The first-order valence-corrected chi connectivity index (χ1v) is 22.0. The highest BCUT2D eigenvalue weighted by Gasteiger charge is 2.43. The van der Waals surface area contributed by atoms with E-state index in [-0.39, 0.29) is 21.7 Å². The van der Waals surface area contributed by atoms with Gasteiger partial charge < -0.3 is 14.3 Å². The molecule has 0 fully saturated rings. The molecule has 0 bridgehead atoms. The van der Waals surface area contributed by atoms with Crippen molar-refractivity contribution in [1.29, 1.82) is 0 Å². The van der Waals surface area contributed by atoms with Gasteiger partial charge in [-0.05, 0) is 121 Å². The summed E-state index contributed by atoms with van der Waals surface area (Å²) in [6, 6.07) is 45.7. The summed E-state index contributed by atoms with van der Waals surface area (Å²) >= 11 is 0. The third kappa shape index (κ3) is 5.57. The highest BCUT2D eigenvalue weighted by molar-refractivity contribution is 6.74. The standard InChI is InChI=1S/C57H54BN2O/c1-54(2,3)32-20-24-35(25-21-32)59-43-26-22-33(55(4,5)6)28-39(43)49-48-37-17-12-14-18-41(37)57(10,11)51(48)50-40-29-34(56(7,8)9)23-27-44(40)60-45-30-38-36-16-13-15-19-46(36)61-47(38)31-42(45)58-52(49)53(50)60/h12-31,59H,1-11H3. The molecule has 0 unspecified atom stereocenters. The van der Waals surface area contributed by atoms with Crippen molar-refractivity contribution in [2.24, 2.45) is 0 Å². The van der Waals surface area contributed by atoms with Gasteiger partial charge in [0.15, 0.2) is 7.28 Å². The number of hydrogen-bond donors (Lipinski definition) is 1. The molecular formula is C57H54BN2O. The van der Waals surface area contributed by atoms with Crippen LogP contribution >= 0.6 is 0 Å². The van der Waals surface area contributed by atoms with E-state index < -0.39 is 0 Å². The summed E-state index contributed by atoms with van der Waals surface area (Å²) in [7, 11) is 2.48. The van der Waals surface area contributed by atoms with Gasteiger partial charge in [0, 0.05) is 55.1 Å². The fourth-order valence-electron chi connectivity index (χ4n) is 10.5. The molecule has 1 radical (unpaired) electrons. The van der Waals surface area contributed by atoms with Crippen LogP contribution in [0.15, 0.2) is 126 Å². The van der Waals surface area contributed by atoms with Crippen LogP contribution in [-0.2, 0) is 21.7 Å². The molecule has 3 nitrogen and oxygen atoms in total. The number of fused-ring (bicyclic) bond motifs is 12. The summed E-state index contributed by atoms with van der Waals surface area (Å²) in [4.78, 5) is 0. The minimum Gasteiger partial charge on any atom is -0.456 e. The molecule has 1 aliphatic carbocycles. The maximum Gasteiger partial charge on any atom is 0.198 e. The number of aromatic nitrogens is 1. The lowest BCUT2D eigenvalue weighted by Gasteiger charge is -2.29. The number of para-hydroxylation sites is 1. The molecule has 0 amide bonds. The SMILES string of the molecule is CC(C)(C)c1ccc(Nc2ccc(C(C)(C)C)cc2-c2c3c(c4c5cc(C(C)(C)C)ccc5n5c4c2[B]c2cc4oc6ccccc6c4cc2-5)C(C)(C)c2ccccc2-3)cc1. The van der Waals surface area contributed by atoms with Crippen LogP contribution < -0.4 is 16.2 Å². The zero-order chi connectivity index (χ0) is 42.5. The van der Waals surface area contributed by atoms with Crippen LogP contribution in [0.1, 0.15) is 104 Å². The maximum absolute atomic E-state index is 6.59. The first-order valence-electron chi connectivity index (χ1n) is 22.0. The Labute approximate surface area is 361 Å². The number of anilines is 2. The topological polar surface area (TPSA) is 30.1 Å². The Bertz CT molecular complexity index is 3320. The Morgan fingerprint density at radius 3 is 1.97 bits per heavy atom. The fraction of sp³-hybridized carbons (Fsp3) is 0.263. The van der Waals surface area contributed by atoms with Gasteiger partial charge in [-0.3, -0.25) is 0 Å². The number of benzene rings is 7. The Hall–Kier alpha value is -6.00. The quantitative estimate of drug-likeness (QED) is 0.181. The van der Waals surface area contributed by atoms with E-state index in [0.29, 0.717) is 0 Å². The van der Waals surface area contributed by atoms with E-state index in [4.69, 9.17) is 4.42 Å². The molecule has 0 saturated carbocycles. The van der Waals surface area contributed by atoms with Gasteiger partial charge in [0.1, 0.15) is 11.2 Å². The van der Waals surface area contributed by atoms with Crippen LogP contribution in [0.25, 0.3) is 71.7 Å². The number of hydrogen-bond acceptors (Lipinski definition) is 2. The van der Waals surface area contributed by atoms with E-state index >= 15 is 0 Å². The molecule has 11 rings (SSSR count). The number of nitrogens with zero attached hydrogens (tertiary/aromatic N) is 1. The monoisotopic (exact) mass is 793 g/mol. The van der Waals surface area contributed by atoms with E-state index in [1.807, 2.05) is 0 Å². The summed E-state index contributed by atoms with van der Waals surface area (Å²) in [6.45, 7) is 25.7. The van der Waals surface area contributed by atoms with Gasteiger partial charge in [0.25, 0.3) is 0 Å². The van der Waals surface area contributed by atoms with Gasteiger partial charge in [-0.25, -0.2) is 0 Å². The molecule has 4 heteroatoms. The van der Waals surface area contributed by atoms with Crippen LogP contribution in [0, 0.1) is 0 Å². The van der Waals surface area contributed by atoms with Crippen molar-refractivity contribution >= 4 is 73.3 Å². The summed E-state index contributed by atoms with van der Waals surface area (Å²) in [5.41, 5.74) is 21.7. The van der Waals surface area contributed by atoms with E-state index in [1.54, 1.807) is 0 Å². The first kappa shape index (κ1) is 38.0. The highest BCUT2D eigenvalue weighted by atomic mass is 16.3. The van der Waals surface area contributed by atoms with Gasteiger partial charge in [-0.1, -0.05) is 148 Å². The fourth-order valence-corrected chi connectivity index (χ4v) is 10.5. The smallest absolute Gasteiger partial charge is 0.198 e. The van der Waals surface area contributed by atoms with Crippen LogP contribution in [0.5, 0.6) is 0 Å². The second kappa shape index (κ2) is 12.5. The molecular weight excluding hydrogens is 739 g/mol. The highest BCUT2D eigenvalue weighted by Crippen LogP contribution is 2.57. The van der Waals surface area contributed by atoms with Gasteiger partial charge in [0.05, 0.1) is 5.52 Å². The Balaban J connectivity index is 1.31. The molecule has 3 heterocycles. The summed E-state index contributed by atoms with van der Waals surface area (Å²) in [6.07, 6.45) is 0. The third-order valence-corrected chi connectivity index (χ3v) is 13.9. The van der Waals surface area contributed by atoms with Crippen LogP contribution in [-0.4, -0.2) is 11.8 Å². The van der Waals surface area contributed by atoms with Crippen molar-refractivity contribution in [2.75, 3.05) is 5.32 Å². The summed E-state index contributed by atoms with van der Waals surface area (Å²) < 4.78 is 9.19. The molecule has 0 saturated heterocycles.